The SMILES string of the molecule is C[P+](c1ccccc1)(c1ccccc1)c1ccccc1-c1cc(=O)n2c(-c3ccccc3)csc2n1. The minimum absolute atomic E-state index is 0.0654. The first-order valence-electron chi connectivity index (χ1n) is 11.8. The number of hydrogen-bond donors (Lipinski definition) is 0. The summed E-state index contributed by atoms with van der Waals surface area (Å²) < 4.78 is 1.72. The average molecular weight is 504 g/mol. The van der Waals surface area contributed by atoms with E-state index in [0.29, 0.717) is 4.96 Å². The van der Waals surface area contributed by atoms with E-state index in [1.54, 1.807) is 10.5 Å². The van der Waals surface area contributed by atoms with Gasteiger partial charge in [0.2, 0.25) is 0 Å². The van der Waals surface area contributed by atoms with Crippen LogP contribution in [0.3, 0.4) is 0 Å². The molecule has 174 valence electrons. The van der Waals surface area contributed by atoms with E-state index in [9.17, 15) is 4.79 Å². The van der Waals surface area contributed by atoms with E-state index in [1.165, 1.54) is 27.3 Å². The van der Waals surface area contributed by atoms with E-state index in [-0.39, 0.29) is 5.56 Å². The topological polar surface area (TPSA) is 34.4 Å². The van der Waals surface area contributed by atoms with Gasteiger partial charge in [-0.25, -0.2) is 4.98 Å². The zero-order chi connectivity index (χ0) is 24.5. The Bertz CT molecular complexity index is 1670. The van der Waals surface area contributed by atoms with Gasteiger partial charge >= 0.3 is 0 Å². The van der Waals surface area contributed by atoms with Crippen molar-refractivity contribution in [3.05, 3.63) is 137 Å². The summed E-state index contributed by atoms with van der Waals surface area (Å²) in [6.45, 7) is 2.36. The Labute approximate surface area is 214 Å². The highest BCUT2D eigenvalue weighted by Crippen LogP contribution is 2.53. The van der Waals surface area contributed by atoms with Gasteiger partial charge in [0.25, 0.3) is 5.56 Å². The molecule has 0 aliphatic heterocycles. The van der Waals surface area contributed by atoms with Crippen LogP contribution in [0.4, 0.5) is 0 Å². The van der Waals surface area contributed by atoms with Gasteiger partial charge in [0.05, 0.1) is 18.1 Å². The molecule has 5 heteroatoms. The Balaban J connectivity index is 1.57. The molecule has 3 nitrogen and oxygen atoms in total. The number of fused-ring (bicyclic) bond motifs is 1. The summed E-state index contributed by atoms with van der Waals surface area (Å²) >= 11 is 1.50. The predicted molar refractivity (Wildman–Crippen MR) is 155 cm³/mol. The van der Waals surface area contributed by atoms with Crippen LogP contribution in [0.2, 0.25) is 0 Å². The van der Waals surface area contributed by atoms with Crippen LogP contribution in [0, 0.1) is 0 Å². The zero-order valence-corrected chi connectivity index (χ0v) is 21.5. The maximum absolute atomic E-state index is 13.5. The number of hydrogen-bond acceptors (Lipinski definition) is 3. The monoisotopic (exact) mass is 503 g/mol. The fourth-order valence-electron chi connectivity index (χ4n) is 4.83. The van der Waals surface area contributed by atoms with Crippen LogP contribution in [0.15, 0.2) is 132 Å². The first kappa shape index (κ1) is 22.6. The summed E-state index contributed by atoms with van der Waals surface area (Å²) in [5, 5.41) is 5.83. The van der Waals surface area contributed by atoms with Gasteiger partial charge in [0, 0.05) is 17.0 Å². The third-order valence-electron chi connectivity index (χ3n) is 6.68. The largest absolute Gasteiger partial charge is 0.269 e. The lowest BCUT2D eigenvalue weighted by molar-refractivity contribution is 1.09. The third kappa shape index (κ3) is 3.80. The highest BCUT2D eigenvalue weighted by Gasteiger charge is 2.42. The van der Waals surface area contributed by atoms with Crippen LogP contribution in [0.1, 0.15) is 0 Å². The van der Waals surface area contributed by atoms with Crippen LogP contribution < -0.4 is 21.5 Å². The van der Waals surface area contributed by atoms with Crippen molar-refractivity contribution in [1.29, 1.82) is 0 Å². The summed E-state index contributed by atoms with van der Waals surface area (Å²) in [6.07, 6.45) is 0. The molecule has 4 aromatic carbocycles. The number of rotatable bonds is 5. The van der Waals surface area contributed by atoms with Crippen molar-refractivity contribution in [2.75, 3.05) is 6.66 Å². The average Bonchev–Trinajstić information content (AvgIpc) is 3.39. The number of thiazole rings is 1. The molecule has 0 saturated carbocycles. The third-order valence-corrected chi connectivity index (χ3v) is 11.5. The van der Waals surface area contributed by atoms with E-state index in [2.05, 4.69) is 85.5 Å². The lowest BCUT2D eigenvalue weighted by Crippen LogP contribution is -2.31. The summed E-state index contributed by atoms with van der Waals surface area (Å²) in [5.41, 5.74) is 3.54. The smallest absolute Gasteiger partial charge is 0.259 e. The molecule has 0 N–H and O–H groups in total. The van der Waals surface area contributed by atoms with Gasteiger partial charge in [0.1, 0.15) is 23.2 Å². The Morgan fingerprint density at radius 2 is 1.28 bits per heavy atom. The Kier molecular flexibility index (Phi) is 5.85. The van der Waals surface area contributed by atoms with Crippen molar-refractivity contribution in [3.8, 4) is 22.5 Å². The predicted octanol–water partition coefficient (Wildman–Crippen LogP) is 6.01. The lowest BCUT2D eigenvalue weighted by atomic mass is 10.1. The van der Waals surface area contributed by atoms with Gasteiger partial charge in [0.15, 0.2) is 4.96 Å². The van der Waals surface area contributed by atoms with Crippen LogP contribution in [-0.4, -0.2) is 16.0 Å². The maximum atomic E-state index is 13.5. The molecule has 36 heavy (non-hydrogen) atoms. The number of benzene rings is 4. The summed E-state index contributed by atoms with van der Waals surface area (Å²) in [5.74, 6) is 0. The second kappa shape index (κ2) is 9.31. The van der Waals surface area contributed by atoms with Crippen molar-refractivity contribution >= 4 is 39.5 Å². The molecule has 0 aliphatic rings. The van der Waals surface area contributed by atoms with Crippen molar-refractivity contribution in [2.45, 2.75) is 0 Å². The first-order chi connectivity index (χ1) is 17.7. The van der Waals surface area contributed by atoms with Gasteiger partial charge in [-0.15, -0.1) is 11.3 Å². The molecule has 0 fully saturated rings. The zero-order valence-electron chi connectivity index (χ0n) is 19.8. The van der Waals surface area contributed by atoms with Gasteiger partial charge < -0.3 is 0 Å². The summed E-state index contributed by atoms with van der Waals surface area (Å²) in [7, 11) is -1.99. The molecule has 6 rings (SSSR count). The molecular formula is C31H24N2OPS+. The molecule has 0 radical (unpaired) electrons. The van der Waals surface area contributed by atoms with Crippen molar-refractivity contribution in [3.63, 3.8) is 0 Å². The molecule has 2 heterocycles. The molecule has 0 bridgehead atoms. The lowest BCUT2D eigenvalue weighted by Gasteiger charge is -2.25. The second-order valence-electron chi connectivity index (χ2n) is 8.78. The molecular weight excluding hydrogens is 479 g/mol. The molecule has 0 unspecified atom stereocenters. The fraction of sp³-hybridized carbons (Fsp3) is 0.0323. The maximum Gasteiger partial charge on any atom is 0.259 e. The van der Waals surface area contributed by atoms with Crippen molar-refractivity contribution in [2.24, 2.45) is 0 Å². The molecule has 0 spiro atoms. The molecule has 0 atom stereocenters. The molecule has 2 aromatic heterocycles. The van der Waals surface area contributed by atoms with Gasteiger partial charge in [-0.2, -0.15) is 0 Å². The van der Waals surface area contributed by atoms with E-state index in [1.807, 2.05) is 41.8 Å². The standard InChI is InChI=1S/C31H24N2OPS/c1-35(24-15-7-3-8-16-24,25-17-9-4-10-18-25)29-20-12-11-19-26(29)27-21-30(34)33-28(22-36-31(33)32-27)23-13-5-2-6-14-23/h2-22H,1H3/q+1. The van der Waals surface area contributed by atoms with Gasteiger partial charge in [-0.1, -0.05) is 78.9 Å². The number of nitrogens with zero attached hydrogens (tertiary/aromatic N) is 2. The van der Waals surface area contributed by atoms with Crippen LogP contribution in [0.25, 0.3) is 27.5 Å². The Morgan fingerprint density at radius 3 is 1.92 bits per heavy atom. The number of aromatic nitrogens is 2. The molecule has 0 amide bonds. The quantitative estimate of drug-likeness (QED) is 0.270. The fourth-order valence-corrected chi connectivity index (χ4v) is 9.18. The Morgan fingerprint density at radius 1 is 0.722 bits per heavy atom. The van der Waals surface area contributed by atoms with E-state index in [4.69, 9.17) is 4.98 Å². The normalized spacial score (nSPS) is 11.6. The highest BCUT2D eigenvalue weighted by molar-refractivity contribution is 7.95. The molecule has 0 aliphatic carbocycles. The minimum atomic E-state index is -1.99. The van der Waals surface area contributed by atoms with Gasteiger partial charge in [-0.3, -0.25) is 9.20 Å². The van der Waals surface area contributed by atoms with Gasteiger partial charge in [-0.05, 0) is 42.0 Å². The highest BCUT2D eigenvalue weighted by atomic mass is 32.1. The summed E-state index contributed by atoms with van der Waals surface area (Å²) in [4.78, 5) is 19.2. The molecule has 0 saturated heterocycles. The molecule has 6 aromatic rings. The van der Waals surface area contributed by atoms with Crippen LogP contribution in [0.5, 0.6) is 0 Å². The minimum Gasteiger partial charge on any atom is -0.269 e. The van der Waals surface area contributed by atoms with Crippen molar-refractivity contribution in [1.82, 2.24) is 9.38 Å². The van der Waals surface area contributed by atoms with Crippen LogP contribution >= 0.6 is 18.6 Å². The van der Waals surface area contributed by atoms with E-state index < -0.39 is 7.26 Å². The van der Waals surface area contributed by atoms with E-state index >= 15 is 0 Å². The Hall–Kier alpha value is -3.85. The van der Waals surface area contributed by atoms with Crippen molar-refractivity contribution < 1.29 is 0 Å². The van der Waals surface area contributed by atoms with Crippen LogP contribution in [-0.2, 0) is 0 Å². The first-order valence-corrected chi connectivity index (χ1v) is 14.9. The summed E-state index contributed by atoms with van der Waals surface area (Å²) in [6, 6.07) is 41.5. The second-order valence-corrected chi connectivity index (χ2v) is 13.1. The van der Waals surface area contributed by atoms with E-state index in [0.717, 1.165) is 22.5 Å².